The Kier molecular flexibility index (Phi) is 3.85. The highest BCUT2D eigenvalue weighted by Gasteiger charge is 2.36. The second kappa shape index (κ2) is 6.18. The van der Waals surface area contributed by atoms with Crippen LogP contribution < -0.4 is 5.73 Å². The van der Waals surface area contributed by atoms with Gasteiger partial charge in [-0.1, -0.05) is 23.4 Å². The van der Waals surface area contributed by atoms with Gasteiger partial charge in [0.1, 0.15) is 11.5 Å². The average Bonchev–Trinajstić information content (AvgIpc) is 3.34. The first kappa shape index (κ1) is 15.6. The van der Waals surface area contributed by atoms with E-state index in [9.17, 15) is 4.79 Å². The molecule has 0 bridgehead atoms. The van der Waals surface area contributed by atoms with Crippen molar-refractivity contribution in [3.05, 3.63) is 65.9 Å². The SMILES string of the molecule is Cc1ccc([C@@H]2CN(C(=O)c3cn(-c4ccccc4)nn3)C[C@H]2N)o1. The van der Waals surface area contributed by atoms with Gasteiger partial charge in [0, 0.05) is 19.1 Å². The fourth-order valence-electron chi connectivity index (χ4n) is 3.18. The molecule has 0 aliphatic carbocycles. The first-order chi connectivity index (χ1) is 12.1. The third-order valence-corrected chi connectivity index (χ3v) is 4.51. The molecular formula is C18H19N5O2. The van der Waals surface area contributed by atoms with Crippen LogP contribution >= 0.6 is 0 Å². The van der Waals surface area contributed by atoms with Crippen LogP contribution in [0.25, 0.3) is 5.69 Å². The van der Waals surface area contributed by atoms with E-state index in [1.807, 2.05) is 49.4 Å². The molecule has 1 aromatic carbocycles. The molecule has 0 unspecified atom stereocenters. The molecule has 1 aliphatic heterocycles. The highest BCUT2D eigenvalue weighted by Crippen LogP contribution is 2.28. The number of likely N-dealkylation sites (tertiary alicyclic amines) is 1. The number of aryl methyl sites for hydroxylation is 1. The van der Waals surface area contributed by atoms with Crippen molar-refractivity contribution in [3.63, 3.8) is 0 Å². The first-order valence-electron chi connectivity index (χ1n) is 8.21. The summed E-state index contributed by atoms with van der Waals surface area (Å²) in [5, 5.41) is 8.07. The van der Waals surface area contributed by atoms with Crippen LogP contribution in [0.2, 0.25) is 0 Å². The molecule has 1 saturated heterocycles. The van der Waals surface area contributed by atoms with Gasteiger partial charge in [0.25, 0.3) is 5.91 Å². The Hall–Kier alpha value is -2.93. The van der Waals surface area contributed by atoms with E-state index in [1.165, 1.54) is 0 Å². The predicted molar refractivity (Wildman–Crippen MR) is 91.4 cm³/mol. The third-order valence-electron chi connectivity index (χ3n) is 4.51. The minimum Gasteiger partial charge on any atom is -0.466 e. The molecule has 7 nitrogen and oxygen atoms in total. The summed E-state index contributed by atoms with van der Waals surface area (Å²) in [6.45, 7) is 2.89. The molecule has 25 heavy (non-hydrogen) atoms. The molecule has 3 aromatic rings. The maximum Gasteiger partial charge on any atom is 0.276 e. The lowest BCUT2D eigenvalue weighted by Gasteiger charge is -2.13. The standard InChI is InChI=1S/C18H19N5O2/c1-12-7-8-17(25-12)14-9-22(10-15(14)19)18(24)16-11-23(21-20-16)13-5-3-2-4-6-13/h2-8,11,14-15H,9-10,19H2,1H3/t14-,15-/m1/s1. The van der Waals surface area contributed by atoms with Gasteiger partial charge in [0.15, 0.2) is 5.69 Å². The fraction of sp³-hybridized carbons (Fsp3) is 0.278. The van der Waals surface area contributed by atoms with E-state index in [0.29, 0.717) is 18.8 Å². The Morgan fingerprint density at radius 2 is 2.00 bits per heavy atom. The molecule has 1 amide bonds. The van der Waals surface area contributed by atoms with Crippen LogP contribution in [0, 0.1) is 6.92 Å². The van der Waals surface area contributed by atoms with Crippen LogP contribution in [0.3, 0.4) is 0 Å². The van der Waals surface area contributed by atoms with Crippen molar-refractivity contribution in [2.24, 2.45) is 5.73 Å². The molecule has 128 valence electrons. The molecule has 2 atom stereocenters. The van der Waals surface area contributed by atoms with E-state index >= 15 is 0 Å². The van der Waals surface area contributed by atoms with Crippen LogP contribution in [0.1, 0.15) is 27.9 Å². The van der Waals surface area contributed by atoms with Crippen LogP contribution in [-0.2, 0) is 0 Å². The van der Waals surface area contributed by atoms with Crippen LogP contribution in [0.5, 0.6) is 0 Å². The largest absolute Gasteiger partial charge is 0.466 e. The number of amides is 1. The number of nitrogens with zero attached hydrogens (tertiary/aromatic N) is 4. The van der Waals surface area contributed by atoms with Crippen molar-refractivity contribution in [1.29, 1.82) is 0 Å². The second-order valence-corrected chi connectivity index (χ2v) is 6.31. The molecule has 3 heterocycles. The van der Waals surface area contributed by atoms with Gasteiger partial charge in [-0.25, -0.2) is 4.68 Å². The van der Waals surface area contributed by atoms with Crippen molar-refractivity contribution in [2.75, 3.05) is 13.1 Å². The monoisotopic (exact) mass is 337 g/mol. The molecule has 2 aromatic heterocycles. The molecule has 0 radical (unpaired) electrons. The Balaban J connectivity index is 1.51. The van der Waals surface area contributed by atoms with E-state index in [0.717, 1.165) is 17.2 Å². The summed E-state index contributed by atoms with van der Waals surface area (Å²) in [4.78, 5) is 14.5. The van der Waals surface area contributed by atoms with Gasteiger partial charge in [-0.3, -0.25) is 4.79 Å². The normalized spacial score (nSPS) is 20.2. The number of para-hydroxylation sites is 1. The summed E-state index contributed by atoms with van der Waals surface area (Å²) in [7, 11) is 0. The Labute approximate surface area is 145 Å². The van der Waals surface area contributed by atoms with E-state index in [-0.39, 0.29) is 17.9 Å². The van der Waals surface area contributed by atoms with E-state index in [4.69, 9.17) is 10.2 Å². The zero-order chi connectivity index (χ0) is 17.4. The van der Waals surface area contributed by atoms with Crippen molar-refractivity contribution >= 4 is 5.91 Å². The molecule has 0 saturated carbocycles. The minimum absolute atomic E-state index is 0.00168. The number of benzene rings is 1. The number of aromatic nitrogens is 3. The van der Waals surface area contributed by atoms with Crippen molar-refractivity contribution in [2.45, 2.75) is 18.9 Å². The molecule has 1 aliphatic rings. The number of hydrogen-bond acceptors (Lipinski definition) is 5. The molecular weight excluding hydrogens is 318 g/mol. The Morgan fingerprint density at radius 3 is 2.72 bits per heavy atom. The maximum absolute atomic E-state index is 12.7. The summed E-state index contributed by atoms with van der Waals surface area (Å²) in [5.74, 6) is 1.51. The maximum atomic E-state index is 12.7. The minimum atomic E-state index is -0.164. The lowest BCUT2D eigenvalue weighted by molar-refractivity contribution is 0.0782. The van der Waals surface area contributed by atoms with E-state index in [2.05, 4.69) is 10.3 Å². The highest BCUT2D eigenvalue weighted by atomic mass is 16.3. The number of nitrogens with two attached hydrogens (primary N) is 1. The fourth-order valence-corrected chi connectivity index (χ4v) is 3.18. The van der Waals surface area contributed by atoms with Gasteiger partial charge in [-0.2, -0.15) is 0 Å². The first-order valence-corrected chi connectivity index (χ1v) is 8.21. The van der Waals surface area contributed by atoms with Crippen molar-refractivity contribution < 1.29 is 9.21 Å². The quantitative estimate of drug-likeness (QED) is 0.786. The molecule has 2 N–H and O–H groups in total. The van der Waals surface area contributed by atoms with Crippen molar-refractivity contribution in [1.82, 2.24) is 19.9 Å². The zero-order valence-corrected chi connectivity index (χ0v) is 13.9. The zero-order valence-electron chi connectivity index (χ0n) is 13.9. The summed E-state index contributed by atoms with van der Waals surface area (Å²) in [6, 6.07) is 13.3. The third kappa shape index (κ3) is 2.94. The molecule has 1 fully saturated rings. The number of rotatable bonds is 3. The molecule has 4 rings (SSSR count). The predicted octanol–water partition coefficient (Wildman–Crippen LogP) is 1.74. The lowest BCUT2D eigenvalue weighted by atomic mass is 10.0. The Bertz CT molecular complexity index is 886. The smallest absolute Gasteiger partial charge is 0.276 e. The van der Waals surface area contributed by atoms with Crippen molar-refractivity contribution in [3.8, 4) is 5.69 Å². The summed E-state index contributed by atoms with van der Waals surface area (Å²) in [5.41, 5.74) is 7.40. The van der Waals surface area contributed by atoms with Gasteiger partial charge in [0.05, 0.1) is 17.8 Å². The van der Waals surface area contributed by atoms with Gasteiger partial charge >= 0.3 is 0 Å². The lowest BCUT2D eigenvalue weighted by Crippen LogP contribution is -2.32. The van der Waals surface area contributed by atoms with Gasteiger partial charge in [0.2, 0.25) is 0 Å². The summed E-state index contributed by atoms with van der Waals surface area (Å²) in [6.07, 6.45) is 1.65. The second-order valence-electron chi connectivity index (χ2n) is 6.31. The van der Waals surface area contributed by atoms with Gasteiger partial charge in [-0.15, -0.1) is 5.10 Å². The number of carbonyl (C=O) groups is 1. The number of carbonyl (C=O) groups excluding carboxylic acids is 1. The topological polar surface area (TPSA) is 90.2 Å². The highest BCUT2D eigenvalue weighted by molar-refractivity contribution is 5.92. The summed E-state index contributed by atoms with van der Waals surface area (Å²) >= 11 is 0. The number of hydrogen-bond donors (Lipinski definition) is 1. The van der Waals surface area contributed by atoms with Crippen LogP contribution in [0.4, 0.5) is 0 Å². The van der Waals surface area contributed by atoms with Crippen LogP contribution in [-0.4, -0.2) is 44.9 Å². The molecule has 0 spiro atoms. The Morgan fingerprint density at radius 1 is 1.20 bits per heavy atom. The molecule has 7 heteroatoms. The van der Waals surface area contributed by atoms with Gasteiger partial charge in [-0.05, 0) is 31.2 Å². The number of furan rings is 1. The van der Waals surface area contributed by atoms with E-state index in [1.54, 1.807) is 15.8 Å². The summed E-state index contributed by atoms with van der Waals surface area (Å²) < 4.78 is 7.28. The van der Waals surface area contributed by atoms with Gasteiger partial charge < -0.3 is 15.1 Å². The van der Waals surface area contributed by atoms with E-state index < -0.39 is 0 Å². The average molecular weight is 337 g/mol. The van der Waals surface area contributed by atoms with Crippen LogP contribution in [0.15, 0.2) is 53.1 Å².